The zero-order valence-corrected chi connectivity index (χ0v) is 14.9. The fourth-order valence-electron chi connectivity index (χ4n) is 2.82. The van der Waals surface area contributed by atoms with Crippen LogP contribution < -0.4 is 5.32 Å². The van der Waals surface area contributed by atoms with Crippen LogP contribution in [0.4, 0.5) is 0 Å². The van der Waals surface area contributed by atoms with Crippen molar-refractivity contribution in [3.05, 3.63) is 71.7 Å². The molecule has 0 aliphatic carbocycles. The number of imidazole rings is 1. The monoisotopic (exact) mass is 349 g/mol. The van der Waals surface area contributed by atoms with Crippen molar-refractivity contribution in [2.75, 3.05) is 6.54 Å². The van der Waals surface area contributed by atoms with Crippen molar-refractivity contribution in [2.24, 2.45) is 0 Å². The van der Waals surface area contributed by atoms with Gasteiger partial charge in [-0.25, -0.2) is 4.98 Å². The minimum Gasteiger partial charge on any atom is -0.356 e. The van der Waals surface area contributed by atoms with Gasteiger partial charge in [-0.15, -0.1) is 0 Å². The number of carbonyl (C=O) groups excluding carboxylic acids is 2. The van der Waals surface area contributed by atoms with Gasteiger partial charge >= 0.3 is 0 Å². The number of benzene rings is 1. The van der Waals surface area contributed by atoms with Crippen LogP contribution in [0.25, 0.3) is 5.65 Å². The average molecular weight is 349 g/mol. The lowest BCUT2D eigenvalue weighted by Crippen LogP contribution is -2.26. The van der Waals surface area contributed by atoms with Gasteiger partial charge in [0.15, 0.2) is 5.78 Å². The maximum Gasteiger partial charge on any atom is 0.220 e. The third-order valence-electron chi connectivity index (χ3n) is 4.38. The maximum absolute atomic E-state index is 12.2. The molecule has 1 amide bonds. The minimum atomic E-state index is -0.104. The topological polar surface area (TPSA) is 63.5 Å². The number of ketones is 1. The number of amides is 1. The summed E-state index contributed by atoms with van der Waals surface area (Å²) in [6.07, 6.45) is 5.96. The second-order valence-electron chi connectivity index (χ2n) is 6.27. The second kappa shape index (κ2) is 8.43. The SMILES string of the molecule is CCc1ccc(C(=O)CCC(=O)NCCc2cn3ccccc3n2)cc1. The molecule has 3 rings (SSSR count). The molecule has 2 aromatic heterocycles. The first-order chi connectivity index (χ1) is 12.7. The normalized spacial score (nSPS) is 10.8. The molecule has 5 nitrogen and oxygen atoms in total. The highest BCUT2D eigenvalue weighted by molar-refractivity contribution is 5.97. The fraction of sp³-hybridized carbons (Fsp3) is 0.286. The van der Waals surface area contributed by atoms with E-state index in [0.29, 0.717) is 18.5 Å². The fourth-order valence-corrected chi connectivity index (χ4v) is 2.82. The van der Waals surface area contributed by atoms with Crippen molar-refractivity contribution in [1.82, 2.24) is 14.7 Å². The number of rotatable bonds is 8. The molecule has 0 unspecified atom stereocenters. The molecule has 0 aliphatic heterocycles. The predicted molar refractivity (Wildman–Crippen MR) is 101 cm³/mol. The summed E-state index contributed by atoms with van der Waals surface area (Å²) in [4.78, 5) is 28.6. The Balaban J connectivity index is 1.41. The van der Waals surface area contributed by atoms with Crippen LogP contribution in [0.5, 0.6) is 0 Å². The Morgan fingerprint density at radius 2 is 1.88 bits per heavy atom. The van der Waals surface area contributed by atoms with E-state index in [0.717, 1.165) is 17.8 Å². The number of nitrogens with one attached hydrogen (secondary N) is 1. The number of Topliss-reactive ketones (excluding diaryl/α,β-unsaturated/α-hetero) is 1. The van der Waals surface area contributed by atoms with Gasteiger partial charge in [-0.3, -0.25) is 9.59 Å². The van der Waals surface area contributed by atoms with E-state index in [1.807, 2.05) is 59.3 Å². The van der Waals surface area contributed by atoms with E-state index in [4.69, 9.17) is 0 Å². The maximum atomic E-state index is 12.2. The highest BCUT2D eigenvalue weighted by atomic mass is 16.2. The zero-order chi connectivity index (χ0) is 18.4. The summed E-state index contributed by atoms with van der Waals surface area (Å²) < 4.78 is 1.96. The molecule has 0 bridgehead atoms. The lowest BCUT2D eigenvalue weighted by molar-refractivity contribution is -0.121. The third kappa shape index (κ3) is 4.57. The van der Waals surface area contributed by atoms with E-state index in [2.05, 4.69) is 17.2 Å². The first kappa shape index (κ1) is 17.9. The molecule has 2 heterocycles. The van der Waals surface area contributed by atoms with Crippen LogP contribution in [-0.2, 0) is 17.6 Å². The summed E-state index contributed by atoms with van der Waals surface area (Å²) in [5.41, 5.74) is 3.70. The van der Waals surface area contributed by atoms with Crippen molar-refractivity contribution < 1.29 is 9.59 Å². The third-order valence-corrected chi connectivity index (χ3v) is 4.38. The van der Waals surface area contributed by atoms with E-state index in [9.17, 15) is 9.59 Å². The number of hydrogen-bond donors (Lipinski definition) is 1. The summed E-state index contributed by atoms with van der Waals surface area (Å²) in [5, 5.41) is 2.86. The number of aromatic nitrogens is 2. The molecule has 134 valence electrons. The molecule has 0 radical (unpaired) electrons. The lowest BCUT2D eigenvalue weighted by atomic mass is 10.0. The average Bonchev–Trinajstić information content (AvgIpc) is 3.09. The number of hydrogen-bond acceptors (Lipinski definition) is 3. The number of aryl methyl sites for hydroxylation is 1. The van der Waals surface area contributed by atoms with Gasteiger partial charge in [0.2, 0.25) is 5.91 Å². The van der Waals surface area contributed by atoms with Crippen LogP contribution in [0.1, 0.15) is 41.4 Å². The Labute approximate surface area is 153 Å². The zero-order valence-electron chi connectivity index (χ0n) is 14.9. The summed E-state index contributed by atoms with van der Waals surface area (Å²) >= 11 is 0. The molecule has 5 heteroatoms. The summed E-state index contributed by atoms with van der Waals surface area (Å²) in [6, 6.07) is 13.4. The van der Waals surface area contributed by atoms with Gasteiger partial charge in [0.25, 0.3) is 0 Å². The molecule has 0 saturated heterocycles. The van der Waals surface area contributed by atoms with Crippen molar-refractivity contribution in [1.29, 1.82) is 0 Å². The van der Waals surface area contributed by atoms with Gasteiger partial charge in [-0.2, -0.15) is 0 Å². The molecule has 0 atom stereocenters. The van der Waals surface area contributed by atoms with Crippen molar-refractivity contribution in [3.8, 4) is 0 Å². The largest absolute Gasteiger partial charge is 0.356 e. The highest BCUT2D eigenvalue weighted by Crippen LogP contribution is 2.09. The van der Waals surface area contributed by atoms with Crippen molar-refractivity contribution in [3.63, 3.8) is 0 Å². The van der Waals surface area contributed by atoms with Gasteiger partial charge in [-0.05, 0) is 24.1 Å². The van der Waals surface area contributed by atoms with Gasteiger partial charge in [0, 0.05) is 43.8 Å². The Kier molecular flexibility index (Phi) is 5.79. The summed E-state index contributed by atoms with van der Waals surface area (Å²) in [6.45, 7) is 2.59. The van der Waals surface area contributed by atoms with E-state index < -0.39 is 0 Å². The lowest BCUT2D eigenvalue weighted by Gasteiger charge is -2.05. The Morgan fingerprint density at radius 3 is 2.62 bits per heavy atom. The highest BCUT2D eigenvalue weighted by Gasteiger charge is 2.09. The first-order valence-corrected chi connectivity index (χ1v) is 8.97. The molecular formula is C21H23N3O2. The second-order valence-corrected chi connectivity index (χ2v) is 6.27. The van der Waals surface area contributed by atoms with Crippen LogP contribution in [0.3, 0.4) is 0 Å². The molecule has 26 heavy (non-hydrogen) atoms. The van der Waals surface area contributed by atoms with Crippen LogP contribution in [0, 0.1) is 0 Å². The predicted octanol–water partition coefficient (Wildman–Crippen LogP) is 3.22. The number of pyridine rings is 1. The van der Waals surface area contributed by atoms with E-state index in [1.165, 1.54) is 5.56 Å². The molecule has 0 spiro atoms. The molecule has 0 fully saturated rings. The van der Waals surface area contributed by atoms with Crippen molar-refractivity contribution in [2.45, 2.75) is 32.6 Å². The molecule has 1 aromatic carbocycles. The van der Waals surface area contributed by atoms with Crippen LogP contribution >= 0.6 is 0 Å². The Morgan fingerprint density at radius 1 is 1.08 bits per heavy atom. The van der Waals surface area contributed by atoms with Crippen molar-refractivity contribution >= 4 is 17.3 Å². The Bertz CT molecular complexity index is 864. The minimum absolute atomic E-state index is 0.00292. The van der Waals surface area contributed by atoms with E-state index in [1.54, 1.807) is 0 Å². The van der Waals surface area contributed by atoms with Gasteiger partial charge < -0.3 is 9.72 Å². The van der Waals surface area contributed by atoms with E-state index >= 15 is 0 Å². The molecule has 0 aliphatic rings. The van der Waals surface area contributed by atoms with Crippen LogP contribution in [0.2, 0.25) is 0 Å². The molecule has 3 aromatic rings. The van der Waals surface area contributed by atoms with Gasteiger partial charge in [0.05, 0.1) is 5.69 Å². The Hall–Kier alpha value is -2.95. The van der Waals surface area contributed by atoms with Gasteiger partial charge in [-0.1, -0.05) is 37.3 Å². The van der Waals surface area contributed by atoms with Gasteiger partial charge in [0.1, 0.15) is 5.65 Å². The number of fused-ring (bicyclic) bond motifs is 1. The summed E-state index contributed by atoms with van der Waals surface area (Å²) in [5.74, 6) is -0.101. The van der Waals surface area contributed by atoms with E-state index in [-0.39, 0.29) is 24.5 Å². The summed E-state index contributed by atoms with van der Waals surface area (Å²) in [7, 11) is 0. The van der Waals surface area contributed by atoms with Crippen LogP contribution in [-0.4, -0.2) is 27.6 Å². The molecular weight excluding hydrogens is 326 g/mol. The first-order valence-electron chi connectivity index (χ1n) is 8.97. The quantitative estimate of drug-likeness (QED) is 0.635. The standard InChI is InChI=1S/C21H23N3O2/c1-2-16-6-8-17(9-7-16)19(25)10-11-21(26)22-13-12-18-15-24-14-4-3-5-20(24)23-18/h3-9,14-15H,2,10-13H2,1H3,(H,22,26). The number of carbonyl (C=O) groups is 2. The smallest absolute Gasteiger partial charge is 0.220 e. The van der Waals surface area contributed by atoms with Crippen LogP contribution in [0.15, 0.2) is 54.9 Å². The number of nitrogens with zero attached hydrogens (tertiary/aromatic N) is 2. The molecule has 0 saturated carbocycles. The molecule has 1 N–H and O–H groups in total.